The summed E-state index contributed by atoms with van der Waals surface area (Å²) in [6.07, 6.45) is 2.64. The van der Waals surface area contributed by atoms with Crippen LogP contribution in [-0.2, 0) is 29.0 Å². The standard InChI is InChI=1S/C30H35BrN2O2/c1-4-5-17-32-30(35)28(19-24-9-7-6-8-10-24)33(21-25-13-15-27(31)16-14-25)29(34)20-26-18-22(2)11-12-23(26)3/h6-16,18,28H,4-5,17,19-21H2,1-3H3,(H,32,35). The van der Waals surface area contributed by atoms with Gasteiger partial charge in [-0.05, 0) is 54.7 Å². The average Bonchev–Trinajstić information content (AvgIpc) is 2.85. The van der Waals surface area contributed by atoms with Crippen LogP contribution in [0.3, 0.4) is 0 Å². The Kier molecular flexibility index (Phi) is 10.1. The lowest BCUT2D eigenvalue weighted by Gasteiger charge is -2.32. The van der Waals surface area contributed by atoms with Gasteiger partial charge in [0.15, 0.2) is 0 Å². The van der Waals surface area contributed by atoms with E-state index in [2.05, 4.69) is 46.4 Å². The Morgan fingerprint density at radius 2 is 1.66 bits per heavy atom. The Morgan fingerprint density at radius 1 is 0.943 bits per heavy atom. The van der Waals surface area contributed by atoms with Crippen molar-refractivity contribution in [3.63, 3.8) is 0 Å². The molecule has 35 heavy (non-hydrogen) atoms. The molecule has 0 aliphatic rings. The van der Waals surface area contributed by atoms with E-state index in [-0.39, 0.29) is 18.2 Å². The van der Waals surface area contributed by atoms with Crippen LogP contribution < -0.4 is 5.32 Å². The van der Waals surface area contributed by atoms with Gasteiger partial charge in [0.2, 0.25) is 11.8 Å². The van der Waals surface area contributed by atoms with Crippen LogP contribution in [0.1, 0.15) is 47.6 Å². The molecule has 0 heterocycles. The van der Waals surface area contributed by atoms with Crippen molar-refractivity contribution in [2.24, 2.45) is 0 Å². The molecule has 184 valence electrons. The molecule has 0 saturated carbocycles. The van der Waals surface area contributed by atoms with Gasteiger partial charge in [0.1, 0.15) is 6.04 Å². The summed E-state index contributed by atoms with van der Waals surface area (Å²) >= 11 is 3.49. The van der Waals surface area contributed by atoms with Gasteiger partial charge < -0.3 is 10.2 Å². The van der Waals surface area contributed by atoms with E-state index >= 15 is 0 Å². The Morgan fingerprint density at radius 3 is 2.34 bits per heavy atom. The lowest BCUT2D eigenvalue weighted by Crippen LogP contribution is -2.51. The summed E-state index contributed by atoms with van der Waals surface area (Å²) in [5, 5.41) is 3.08. The second-order valence-electron chi connectivity index (χ2n) is 9.10. The molecule has 0 bridgehead atoms. The molecule has 0 aromatic heterocycles. The number of halogens is 1. The average molecular weight is 536 g/mol. The summed E-state index contributed by atoms with van der Waals surface area (Å²) in [4.78, 5) is 29.1. The number of nitrogens with zero attached hydrogens (tertiary/aromatic N) is 1. The first-order valence-corrected chi connectivity index (χ1v) is 13.1. The number of carbonyl (C=O) groups is 2. The molecule has 1 N–H and O–H groups in total. The molecule has 2 amide bonds. The van der Waals surface area contributed by atoms with E-state index in [1.54, 1.807) is 4.90 Å². The maximum Gasteiger partial charge on any atom is 0.243 e. The molecule has 1 unspecified atom stereocenters. The van der Waals surface area contributed by atoms with Crippen LogP contribution in [0.2, 0.25) is 0 Å². The van der Waals surface area contributed by atoms with Crippen LogP contribution in [0.4, 0.5) is 0 Å². The molecular weight excluding hydrogens is 500 g/mol. The molecule has 3 rings (SSSR count). The number of rotatable bonds is 11. The van der Waals surface area contributed by atoms with Gasteiger partial charge in [-0.3, -0.25) is 9.59 Å². The third-order valence-electron chi connectivity index (χ3n) is 6.21. The zero-order valence-corrected chi connectivity index (χ0v) is 22.5. The van der Waals surface area contributed by atoms with Crippen molar-refractivity contribution in [2.75, 3.05) is 6.54 Å². The van der Waals surface area contributed by atoms with Crippen molar-refractivity contribution in [1.29, 1.82) is 0 Å². The second kappa shape index (κ2) is 13.2. The maximum absolute atomic E-state index is 13.9. The van der Waals surface area contributed by atoms with Gasteiger partial charge in [0.05, 0.1) is 6.42 Å². The molecule has 1 atom stereocenters. The predicted octanol–water partition coefficient (Wildman–Crippen LogP) is 6.16. The maximum atomic E-state index is 13.9. The van der Waals surface area contributed by atoms with Crippen molar-refractivity contribution in [3.05, 3.63) is 105 Å². The minimum atomic E-state index is -0.601. The SMILES string of the molecule is CCCCNC(=O)C(Cc1ccccc1)N(Cc1ccc(Br)cc1)C(=O)Cc1cc(C)ccc1C. The Labute approximate surface area is 217 Å². The monoisotopic (exact) mass is 534 g/mol. The van der Waals surface area contributed by atoms with Crippen molar-refractivity contribution in [2.45, 2.75) is 59.0 Å². The fraction of sp³-hybridized carbons (Fsp3) is 0.333. The topological polar surface area (TPSA) is 49.4 Å². The van der Waals surface area contributed by atoms with Crippen molar-refractivity contribution in [3.8, 4) is 0 Å². The van der Waals surface area contributed by atoms with E-state index in [0.29, 0.717) is 19.5 Å². The highest BCUT2D eigenvalue weighted by Gasteiger charge is 2.30. The highest BCUT2D eigenvalue weighted by molar-refractivity contribution is 9.10. The molecule has 4 nitrogen and oxygen atoms in total. The van der Waals surface area contributed by atoms with Gasteiger partial charge >= 0.3 is 0 Å². The first-order chi connectivity index (χ1) is 16.9. The number of unbranched alkanes of at least 4 members (excludes halogenated alkanes) is 1. The second-order valence-corrected chi connectivity index (χ2v) is 10.0. The van der Waals surface area contributed by atoms with Crippen LogP contribution in [-0.4, -0.2) is 29.3 Å². The number of hydrogen-bond donors (Lipinski definition) is 1. The summed E-state index contributed by atoms with van der Waals surface area (Å²) in [7, 11) is 0. The number of hydrogen-bond acceptors (Lipinski definition) is 2. The number of nitrogens with one attached hydrogen (secondary N) is 1. The normalized spacial score (nSPS) is 11.7. The zero-order chi connectivity index (χ0) is 25.2. The Balaban J connectivity index is 1.96. The largest absolute Gasteiger partial charge is 0.354 e. The van der Waals surface area contributed by atoms with Crippen LogP contribution in [0, 0.1) is 13.8 Å². The van der Waals surface area contributed by atoms with Crippen molar-refractivity contribution >= 4 is 27.7 Å². The highest BCUT2D eigenvalue weighted by Crippen LogP contribution is 2.20. The smallest absolute Gasteiger partial charge is 0.243 e. The number of carbonyl (C=O) groups excluding carboxylic acids is 2. The lowest BCUT2D eigenvalue weighted by atomic mass is 9.99. The quantitative estimate of drug-likeness (QED) is 0.299. The van der Waals surface area contributed by atoms with E-state index in [1.807, 2.05) is 68.4 Å². The van der Waals surface area contributed by atoms with E-state index in [4.69, 9.17) is 0 Å². The predicted molar refractivity (Wildman–Crippen MR) is 146 cm³/mol. The van der Waals surface area contributed by atoms with Crippen molar-refractivity contribution in [1.82, 2.24) is 10.2 Å². The van der Waals surface area contributed by atoms with Gasteiger partial charge in [-0.15, -0.1) is 0 Å². The van der Waals surface area contributed by atoms with E-state index < -0.39 is 6.04 Å². The van der Waals surface area contributed by atoms with Gasteiger partial charge in [0.25, 0.3) is 0 Å². The molecule has 0 spiro atoms. The molecule has 0 aliphatic carbocycles. The molecule has 0 fully saturated rings. The first-order valence-electron chi connectivity index (χ1n) is 12.3. The summed E-state index contributed by atoms with van der Waals surface area (Å²) in [6, 6.07) is 23.4. The summed E-state index contributed by atoms with van der Waals surface area (Å²) in [5.74, 6) is -0.151. The molecule has 3 aromatic carbocycles. The van der Waals surface area contributed by atoms with Gasteiger partial charge in [-0.1, -0.05) is 95.5 Å². The molecule has 0 saturated heterocycles. The van der Waals surface area contributed by atoms with E-state index in [1.165, 1.54) is 0 Å². The van der Waals surface area contributed by atoms with Gasteiger partial charge in [-0.2, -0.15) is 0 Å². The molecule has 5 heteroatoms. The van der Waals surface area contributed by atoms with Crippen LogP contribution in [0.15, 0.2) is 77.3 Å². The molecule has 0 radical (unpaired) electrons. The minimum absolute atomic E-state index is 0.0480. The Hall–Kier alpha value is -2.92. The molecular formula is C30H35BrN2O2. The molecule has 3 aromatic rings. The summed E-state index contributed by atoms with van der Waals surface area (Å²) < 4.78 is 0.979. The number of benzene rings is 3. The van der Waals surface area contributed by atoms with Crippen molar-refractivity contribution < 1.29 is 9.59 Å². The Bertz CT molecular complexity index is 1110. The van der Waals surface area contributed by atoms with Crippen LogP contribution in [0.5, 0.6) is 0 Å². The lowest BCUT2D eigenvalue weighted by molar-refractivity contribution is -0.140. The zero-order valence-electron chi connectivity index (χ0n) is 20.9. The summed E-state index contributed by atoms with van der Waals surface area (Å²) in [6.45, 7) is 7.14. The third-order valence-corrected chi connectivity index (χ3v) is 6.74. The van der Waals surface area contributed by atoms with E-state index in [0.717, 1.165) is 45.1 Å². The van der Waals surface area contributed by atoms with Gasteiger partial charge in [0, 0.05) is 24.0 Å². The van der Waals surface area contributed by atoms with Crippen LogP contribution in [0.25, 0.3) is 0 Å². The van der Waals surface area contributed by atoms with Crippen LogP contribution >= 0.6 is 15.9 Å². The fourth-order valence-electron chi connectivity index (χ4n) is 4.10. The first kappa shape index (κ1) is 26.7. The number of aryl methyl sites for hydroxylation is 2. The fourth-order valence-corrected chi connectivity index (χ4v) is 4.37. The molecule has 0 aliphatic heterocycles. The minimum Gasteiger partial charge on any atom is -0.354 e. The van der Waals surface area contributed by atoms with E-state index in [9.17, 15) is 9.59 Å². The van der Waals surface area contributed by atoms with Gasteiger partial charge in [-0.25, -0.2) is 0 Å². The number of amides is 2. The highest BCUT2D eigenvalue weighted by atomic mass is 79.9. The summed E-state index contributed by atoms with van der Waals surface area (Å²) in [5.41, 5.74) is 5.22. The third kappa shape index (κ3) is 8.07.